The van der Waals surface area contributed by atoms with Gasteiger partial charge in [0.05, 0.1) is 23.7 Å². The second-order valence-corrected chi connectivity index (χ2v) is 5.82. The Kier molecular flexibility index (Phi) is 3.77. The normalized spacial score (nSPS) is 24.4. The molecule has 1 aliphatic heterocycles. The number of nitrogens with zero attached hydrogens (tertiary/aromatic N) is 4. The maximum Gasteiger partial charge on any atom is 0.0924 e. The van der Waals surface area contributed by atoms with Crippen molar-refractivity contribution >= 4 is 11.5 Å². The summed E-state index contributed by atoms with van der Waals surface area (Å²) in [6.45, 7) is 3.84. The summed E-state index contributed by atoms with van der Waals surface area (Å²) < 4.78 is 3.93. The molecule has 5 heteroatoms. The van der Waals surface area contributed by atoms with Gasteiger partial charge < -0.3 is 0 Å². The molecule has 0 aliphatic carbocycles. The minimum absolute atomic E-state index is 0.0476. The Morgan fingerprint density at radius 3 is 2.80 bits per heavy atom. The molecular weight excluding hydrogens is 268 g/mol. The van der Waals surface area contributed by atoms with E-state index in [1.807, 2.05) is 23.6 Å². The summed E-state index contributed by atoms with van der Waals surface area (Å²) in [6, 6.07) is 13.0. The van der Waals surface area contributed by atoms with Crippen LogP contribution in [0.25, 0.3) is 0 Å². The van der Waals surface area contributed by atoms with Crippen LogP contribution in [0.2, 0.25) is 0 Å². The maximum absolute atomic E-state index is 9.43. The number of nitriles is 1. The first-order valence-electron chi connectivity index (χ1n) is 6.75. The molecule has 1 aromatic heterocycles. The quantitative estimate of drug-likeness (QED) is 0.869. The molecule has 3 rings (SSSR count). The van der Waals surface area contributed by atoms with Gasteiger partial charge in [-0.05, 0) is 24.0 Å². The van der Waals surface area contributed by atoms with Gasteiger partial charge in [-0.25, -0.2) is 0 Å². The smallest absolute Gasteiger partial charge is 0.0924 e. The topological polar surface area (TPSA) is 52.8 Å². The summed E-state index contributed by atoms with van der Waals surface area (Å²) in [5.74, 6) is 0.335. The van der Waals surface area contributed by atoms with Gasteiger partial charge in [0, 0.05) is 24.4 Å². The SMILES string of the molecule is CC(c1csnn1)N1C[C@@H](C#N)[C@H](c2ccccc2)C1. The number of benzene rings is 1. The monoisotopic (exact) mass is 284 g/mol. The predicted octanol–water partition coefficient (Wildman–Crippen LogP) is 2.84. The lowest BCUT2D eigenvalue weighted by atomic mass is 9.90. The first-order valence-corrected chi connectivity index (χ1v) is 7.59. The molecule has 1 aromatic carbocycles. The lowest BCUT2D eigenvalue weighted by Crippen LogP contribution is -2.25. The zero-order valence-corrected chi connectivity index (χ0v) is 12.1. The average Bonchev–Trinajstić information content (AvgIpc) is 3.17. The number of rotatable bonds is 3. The van der Waals surface area contributed by atoms with Gasteiger partial charge in [0.2, 0.25) is 0 Å². The molecule has 1 aliphatic rings. The minimum Gasteiger partial charge on any atom is -0.293 e. The summed E-state index contributed by atoms with van der Waals surface area (Å²) in [7, 11) is 0. The lowest BCUT2D eigenvalue weighted by Gasteiger charge is -2.22. The van der Waals surface area contributed by atoms with Crippen LogP contribution in [0.4, 0.5) is 0 Å². The van der Waals surface area contributed by atoms with Gasteiger partial charge in [-0.3, -0.25) is 4.90 Å². The van der Waals surface area contributed by atoms with Crippen molar-refractivity contribution in [2.75, 3.05) is 13.1 Å². The standard InChI is InChI=1S/C15H16N4S/c1-11(15-10-20-18-17-15)19-8-13(7-16)14(9-19)12-5-3-2-4-6-12/h2-6,10-11,13-14H,8-9H2,1H3/t11?,13-,14+/m1/s1. The van der Waals surface area contributed by atoms with Gasteiger partial charge in [-0.15, -0.1) is 5.10 Å². The largest absolute Gasteiger partial charge is 0.293 e. The Labute approximate surface area is 122 Å². The fourth-order valence-electron chi connectivity index (χ4n) is 2.86. The third-order valence-electron chi connectivity index (χ3n) is 4.09. The highest BCUT2D eigenvalue weighted by atomic mass is 32.1. The second kappa shape index (κ2) is 5.70. The van der Waals surface area contributed by atoms with E-state index >= 15 is 0 Å². The molecule has 0 radical (unpaired) electrons. The van der Waals surface area contributed by atoms with E-state index in [4.69, 9.17) is 0 Å². The Morgan fingerprint density at radius 1 is 1.35 bits per heavy atom. The van der Waals surface area contributed by atoms with Gasteiger partial charge >= 0.3 is 0 Å². The van der Waals surface area contributed by atoms with Crippen molar-refractivity contribution in [3.63, 3.8) is 0 Å². The fraction of sp³-hybridized carbons (Fsp3) is 0.400. The van der Waals surface area contributed by atoms with E-state index in [2.05, 4.69) is 39.6 Å². The van der Waals surface area contributed by atoms with E-state index < -0.39 is 0 Å². The van der Waals surface area contributed by atoms with Gasteiger partial charge in [-0.2, -0.15) is 5.26 Å². The van der Waals surface area contributed by atoms with Crippen molar-refractivity contribution in [2.24, 2.45) is 5.92 Å². The van der Waals surface area contributed by atoms with E-state index in [1.165, 1.54) is 17.1 Å². The Bertz CT molecular complexity index is 590. The predicted molar refractivity (Wildman–Crippen MR) is 78.2 cm³/mol. The van der Waals surface area contributed by atoms with Crippen molar-refractivity contribution in [1.29, 1.82) is 5.26 Å². The van der Waals surface area contributed by atoms with Crippen molar-refractivity contribution in [2.45, 2.75) is 18.9 Å². The van der Waals surface area contributed by atoms with Crippen LogP contribution in [0.1, 0.15) is 30.1 Å². The van der Waals surface area contributed by atoms with Crippen LogP contribution in [0.5, 0.6) is 0 Å². The molecule has 0 saturated carbocycles. The molecule has 0 N–H and O–H groups in total. The molecule has 102 valence electrons. The molecule has 2 aromatic rings. The maximum atomic E-state index is 9.43. The van der Waals surface area contributed by atoms with Crippen LogP contribution >= 0.6 is 11.5 Å². The van der Waals surface area contributed by atoms with Crippen molar-refractivity contribution in [1.82, 2.24) is 14.5 Å². The zero-order chi connectivity index (χ0) is 13.9. The van der Waals surface area contributed by atoms with Gasteiger partial charge in [0.1, 0.15) is 0 Å². The molecule has 20 heavy (non-hydrogen) atoms. The van der Waals surface area contributed by atoms with Crippen molar-refractivity contribution < 1.29 is 0 Å². The van der Waals surface area contributed by atoms with E-state index in [0.29, 0.717) is 0 Å². The summed E-state index contributed by atoms with van der Waals surface area (Å²) in [5.41, 5.74) is 2.26. The zero-order valence-electron chi connectivity index (χ0n) is 11.3. The van der Waals surface area contributed by atoms with Crippen LogP contribution in [-0.4, -0.2) is 27.6 Å². The van der Waals surface area contributed by atoms with Crippen LogP contribution in [0.15, 0.2) is 35.7 Å². The highest BCUT2D eigenvalue weighted by Gasteiger charge is 2.36. The fourth-order valence-corrected chi connectivity index (χ4v) is 3.40. The third kappa shape index (κ3) is 2.45. The molecule has 0 amide bonds. The van der Waals surface area contributed by atoms with Crippen LogP contribution in [-0.2, 0) is 0 Å². The Hall–Kier alpha value is -1.77. The molecule has 1 saturated heterocycles. The molecular formula is C15H16N4S. The van der Waals surface area contributed by atoms with Crippen LogP contribution in [0, 0.1) is 17.2 Å². The van der Waals surface area contributed by atoms with Crippen molar-refractivity contribution in [3.8, 4) is 6.07 Å². The summed E-state index contributed by atoms with van der Waals surface area (Å²) in [5, 5.41) is 15.6. The summed E-state index contributed by atoms with van der Waals surface area (Å²) in [4.78, 5) is 2.34. The summed E-state index contributed by atoms with van der Waals surface area (Å²) in [6.07, 6.45) is 0. The van der Waals surface area contributed by atoms with Crippen LogP contribution in [0.3, 0.4) is 0 Å². The van der Waals surface area contributed by atoms with E-state index in [9.17, 15) is 5.26 Å². The molecule has 4 nitrogen and oxygen atoms in total. The lowest BCUT2D eigenvalue weighted by molar-refractivity contribution is 0.251. The number of likely N-dealkylation sites (tertiary alicyclic amines) is 1. The molecule has 3 atom stereocenters. The number of hydrogen-bond donors (Lipinski definition) is 0. The van der Waals surface area contributed by atoms with Gasteiger partial charge in [0.25, 0.3) is 0 Å². The average molecular weight is 284 g/mol. The molecule has 1 unspecified atom stereocenters. The minimum atomic E-state index is 0.0476. The molecule has 0 bridgehead atoms. The summed E-state index contributed by atoms with van der Waals surface area (Å²) >= 11 is 1.38. The Morgan fingerprint density at radius 2 is 2.15 bits per heavy atom. The van der Waals surface area contributed by atoms with Crippen molar-refractivity contribution in [3.05, 3.63) is 47.0 Å². The van der Waals surface area contributed by atoms with Crippen LogP contribution < -0.4 is 0 Å². The highest BCUT2D eigenvalue weighted by Crippen LogP contribution is 2.36. The second-order valence-electron chi connectivity index (χ2n) is 5.21. The van der Waals surface area contributed by atoms with Gasteiger partial charge in [0.15, 0.2) is 0 Å². The highest BCUT2D eigenvalue weighted by molar-refractivity contribution is 7.03. The molecule has 1 fully saturated rings. The third-order valence-corrected chi connectivity index (χ3v) is 4.62. The number of hydrogen-bond acceptors (Lipinski definition) is 5. The molecule has 0 spiro atoms. The van der Waals surface area contributed by atoms with Gasteiger partial charge in [-0.1, -0.05) is 34.8 Å². The first-order chi connectivity index (χ1) is 9.79. The number of aromatic nitrogens is 2. The first kappa shape index (κ1) is 13.2. The van der Waals surface area contributed by atoms with E-state index in [-0.39, 0.29) is 17.9 Å². The van der Waals surface area contributed by atoms with E-state index in [1.54, 1.807) is 0 Å². The van der Waals surface area contributed by atoms with E-state index in [0.717, 1.165) is 18.8 Å². The Balaban J connectivity index is 1.80. The molecule has 2 heterocycles.